The predicted molar refractivity (Wildman–Crippen MR) is 53.5 cm³/mol. The molecule has 4 nitrogen and oxygen atoms in total. The summed E-state index contributed by atoms with van der Waals surface area (Å²) in [5.74, 6) is -0.792. The number of methoxy groups -OCH3 is 1. The SMILES string of the molecule is COC(C)c1nc(CCC(=O)O)cs1. The molecule has 0 saturated carbocycles. The number of hydrogen-bond acceptors (Lipinski definition) is 4. The summed E-state index contributed by atoms with van der Waals surface area (Å²) in [7, 11) is 1.63. The van der Waals surface area contributed by atoms with Gasteiger partial charge in [-0.25, -0.2) is 4.98 Å². The van der Waals surface area contributed by atoms with Crippen molar-refractivity contribution in [2.45, 2.75) is 25.9 Å². The molecule has 1 aromatic rings. The summed E-state index contributed by atoms with van der Waals surface area (Å²) < 4.78 is 5.11. The first-order chi connectivity index (χ1) is 6.63. The van der Waals surface area contributed by atoms with Crippen LogP contribution < -0.4 is 0 Å². The number of aromatic nitrogens is 1. The van der Waals surface area contributed by atoms with Crippen LogP contribution in [-0.4, -0.2) is 23.2 Å². The Morgan fingerprint density at radius 2 is 2.50 bits per heavy atom. The molecular weight excluding hydrogens is 202 g/mol. The number of carboxylic acid groups (broad SMARTS) is 1. The molecule has 1 N–H and O–H groups in total. The largest absolute Gasteiger partial charge is 0.481 e. The van der Waals surface area contributed by atoms with Gasteiger partial charge in [-0.1, -0.05) is 0 Å². The van der Waals surface area contributed by atoms with Crippen molar-refractivity contribution in [2.24, 2.45) is 0 Å². The Hall–Kier alpha value is -0.940. The van der Waals surface area contributed by atoms with Crippen LogP contribution in [0.1, 0.15) is 30.2 Å². The van der Waals surface area contributed by atoms with E-state index in [1.54, 1.807) is 7.11 Å². The number of thiazole rings is 1. The van der Waals surface area contributed by atoms with Gasteiger partial charge < -0.3 is 9.84 Å². The zero-order valence-corrected chi connectivity index (χ0v) is 9.00. The number of carbonyl (C=O) groups is 1. The first-order valence-corrected chi connectivity index (χ1v) is 5.20. The Balaban J connectivity index is 2.54. The molecular formula is C9H13NO3S. The Kier molecular flexibility index (Phi) is 4.03. The van der Waals surface area contributed by atoms with E-state index in [1.165, 1.54) is 11.3 Å². The van der Waals surface area contributed by atoms with Crippen molar-refractivity contribution in [1.82, 2.24) is 4.98 Å². The zero-order valence-electron chi connectivity index (χ0n) is 8.19. The third-order valence-corrected chi connectivity index (χ3v) is 2.92. The Bertz CT molecular complexity index is 311. The van der Waals surface area contributed by atoms with Crippen LogP contribution >= 0.6 is 11.3 Å². The second-order valence-corrected chi connectivity index (χ2v) is 3.84. The highest BCUT2D eigenvalue weighted by atomic mass is 32.1. The smallest absolute Gasteiger partial charge is 0.303 e. The fourth-order valence-electron chi connectivity index (χ4n) is 0.960. The maximum atomic E-state index is 10.3. The highest BCUT2D eigenvalue weighted by Crippen LogP contribution is 2.20. The van der Waals surface area contributed by atoms with Gasteiger partial charge in [-0.05, 0) is 6.92 Å². The minimum atomic E-state index is -0.792. The normalized spacial score (nSPS) is 12.7. The van der Waals surface area contributed by atoms with Gasteiger partial charge in [0, 0.05) is 18.9 Å². The van der Waals surface area contributed by atoms with Crippen LogP contribution in [-0.2, 0) is 16.0 Å². The number of aliphatic carboxylic acids is 1. The molecule has 1 heterocycles. The van der Waals surface area contributed by atoms with Crippen LogP contribution in [0.3, 0.4) is 0 Å². The Labute approximate surface area is 86.6 Å². The van der Waals surface area contributed by atoms with Gasteiger partial charge >= 0.3 is 5.97 Å². The molecule has 0 spiro atoms. The third-order valence-electron chi connectivity index (χ3n) is 1.87. The van der Waals surface area contributed by atoms with E-state index in [0.29, 0.717) is 6.42 Å². The third kappa shape index (κ3) is 3.08. The van der Waals surface area contributed by atoms with Crippen molar-refractivity contribution in [3.05, 3.63) is 16.1 Å². The molecule has 5 heteroatoms. The van der Waals surface area contributed by atoms with Gasteiger partial charge in [0.1, 0.15) is 11.1 Å². The molecule has 1 rings (SSSR count). The van der Waals surface area contributed by atoms with E-state index in [9.17, 15) is 4.79 Å². The van der Waals surface area contributed by atoms with Crippen molar-refractivity contribution in [3.63, 3.8) is 0 Å². The molecule has 78 valence electrons. The number of carboxylic acids is 1. The molecule has 0 aliphatic heterocycles. The van der Waals surface area contributed by atoms with Gasteiger partial charge in [-0.2, -0.15) is 0 Å². The van der Waals surface area contributed by atoms with E-state index in [4.69, 9.17) is 9.84 Å². The molecule has 1 unspecified atom stereocenters. The summed E-state index contributed by atoms with van der Waals surface area (Å²) in [6.45, 7) is 1.92. The van der Waals surface area contributed by atoms with Crippen LogP contribution in [0.5, 0.6) is 0 Å². The first kappa shape index (κ1) is 11.1. The average molecular weight is 215 g/mol. The van der Waals surface area contributed by atoms with Crippen molar-refractivity contribution in [1.29, 1.82) is 0 Å². The van der Waals surface area contributed by atoms with Gasteiger partial charge in [0.25, 0.3) is 0 Å². The summed E-state index contributed by atoms with van der Waals surface area (Å²) in [5, 5.41) is 11.3. The quantitative estimate of drug-likeness (QED) is 0.814. The molecule has 0 aliphatic carbocycles. The summed E-state index contributed by atoms with van der Waals surface area (Å²) in [4.78, 5) is 14.6. The molecule has 0 aromatic carbocycles. The van der Waals surface area contributed by atoms with Gasteiger partial charge in [0.2, 0.25) is 0 Å². The molecule has 1 atom stereocenters. The van der Waals surface area contributed by atoms with Crippen molar-refractivity contribution in [2.75, 3.05) is 7.11 Å². The van der Waals surface area contributed by atoms with Crippen molar-refractivity contribution >= 4 is 17.3 Å². The minimum Gasteiger partial charge on any atom is -0.481 e. The molecule has 0 aliphatic rings. The van der Waals surface area contributed by atoms with Crippen LogP contribution in [0.15, 0.2) is 5.38 Å². The number of hydrogen-bond donors (Lipinski definition) is 1. The maximum absolute atomic E-state index is 10.3. The van der Waals surface area contributed by atoms with Gasteiger partial charge in [0.05, 0.1) is 12.1 Å². The summed E-state index contributed by atoms with van der Waals surface area (Å²) >= 11 is 1.50. The van der Waals surface area contributed by atoms with E-state index in [0.717, 1.165) is 10.7 Å². The predicted octanol–water partition coefficient (Wildman–Crippen LogP) is 1.87. The number of aryl methyl sites for hydroxylation is 1. The van der Waals surface area contributed by atoms with Gasteiger partial charge in [-0.3, -0.25) is 4.79 Å². The summed E-state index contributed by atoms with van der Waals surface area (Å²) in [6, 6.07) is 0. The second-order valence-electron chi connectivity index (χ2n) is 2.95. The minimum absolute atomic E-state index is 0.0152. The van der Waals surface area contributed by atoms with Crippen LogP contribution in [0, 0.1) is 0 Å². The summed E-state index contributed by atoms with van der Waals surface area (Å²) in [6.07, 6.45) is 0.603. The van der Waals surface area contributed by atoms with Crippen molar-refractivity contribution in [3.8, 4) is 0 Å². The highest BCUT2D eigenvalue weighted by Gasteiger charge is 2.09. The van der Waals surface area contributed by atoms with E-state index in [1.807, 2.05) is 12.3 Å². The standard InChI is InChI=1S/C9H13NO3S/c1-6(13-2)9-10-7(5-14-9)3-4-8(11)12/h5-6H,3-4H2,1-2H3,(H,11,12). The molecule has 0 fully saturated rings. The monoisotopic (exact) mass is 215 g/mol. The van der Waals surface area contributed by atoms with Gasteiger partial charge in [-0.15, -0.1) is 11.3 Å². The maximum Gasteiger partial charge on any atom is 0.303 e. The fraction of sp³-hybridized carbons (Fsp3) is 0.556. The molecule has 14 heavy (non-hydrogen) atoms. The van der Waals surface area contributed by atoms with Crippen LogP contribution in [0.2, 0.25) is 0 Å². The fourth-order valence-corrected chi connectivity index (χ4v) is 1.85. The average Bonchev–Trinajstić information content (AvgIpc) is 2.62. The van der Waals surface area contributed by atoms with E-state index in [-0.39, 0.29) is 12.5 Å². The topological polar surface area (TPSA) is 59.4 Å². The van der Waals surface area contributed by atoms with E-state index >= 15 is 0 Å². The molecule has 0 radical (unpaired) electrons. The molecule has 0 bridgehead atoms. The molecule has 0 saturated heterocycles. The first-order valence-electron chi connectivity index (χ1n) is 4.32. The molecule has 0 amide bonds. The lowest BCUT2D eigenvalue weighted by molar-refractivity contribution is -0.136. The Morgan fingerprint density at radius 1 is 1.79 bits per heavy atom. The van der Waals surface area contributed by atoms with E-state index in [2.05, 4.69) is 4.98 Å². The van der Waals surface area contributed by atoms with Crippen LogP contribution in [0.4, 0.5) is 0 Å². The lowest BCUT2D eigenvalue weighted by Gasteiger charge is -2.03. The number of ether oxygens (including phenoxy) is 1. The number of rotatable bonds is 5. The van der Waals surface area contributed by atoms with E-state index < -0.39 is 5.97 Å². The lowest BCUT2D eigenvalue weighted by Crippen LogP contribution is -1.99. The Morgan fingerprint density at radius 3 is 3.07 bits per heavy atom. The summed E-state index contributed by atoms with van der Waals surface area (Å²) in [5.41, 5.74) is 0.830. The lowest BCUT2D eigenvalue weighted by atomic mass is 10.2. The second kappa shape index (κ2) is 5.07. The number of nitrogens with zero attached hydrogens (tertiary/aromatic N) is 1. The molecule has 1 aromatic heterocycles. The van der Waals surface area contributed by atoms with Gasteiger partial charge in [0.15, 0.2) is 0 Å². The van der Waals surface area contributed by atoms with Crippen molar-refractivity contribution < 1.29 is 14.6 Å². The van der Waals surface area contributed by atoms with Crippen LogP contribution in [0.25, 0.3) is 0 Å². The zero-order chi connectivity index (χ0) is 10.6. The highest BCUT2D eigenvalue weighted by molar-refractivity contribution is 7.09.